The number of amides is 1. The lowest BCUT2D eigenvalue weighted by Crippen LogP contribution is -2.47. The second-order valence-corrected chi connectivity index (χ2v) is 10.2. The van der Waals surface area contributed by atoms with Gasteiger partial charge in [0.1, 0.15) is 22.6 Å². The molecule has 0 aliphatic carbocycles. The summed E-state index contributed by atoms with van der Waals surface area (Å²) in [4.78, 5) is 12.8. The van der Waals surface area contributed by atoms with Gasteiger partial charge in [-0.1, -0.05) is 66.7 Å². The van der Waals surface area contributed by atoms with Crippen molar-refractivity contribution >= 4 is 17.7 Å². The zero-order chi connectivity index (χ0) is 26.0. The van der Waals surface area contributed by atoms with Gasteiger partial charge in [0.2, 0.25) is 11.8 Å². The molecule has 0 saturated heterocycles. The predicted octanol–water partition coefficient (Wildman–Crippen LogP) is 6.75. The molecular weight excluding hydrogens is 466 g/mol. The van der Waals surface area contributed by atoms with Crippen LogP contribution in [0.15, 0.2) is 83.3 Å². The third kappa shape index (κ3) is 5.40. The van der Waals surface area contributed by atoms with Gasteiger partial charge in [-0.3, -0.25) is 0 Å². The average molecular weight is 496 g/mol. The topological polar surface area (TPSA) is 86.5 Å². The van der Waals surface area contributed by atoms with Crippen molar-refractivity contribution in [2.75, 3.05) is 0 Å². The quantitative estimate of drug-likeness (QED) is 0.290. The summed E-state index contributed by atoms with van der Waals surface area (Å²) in [6, 6.07) is 25.3. The first kappa shape index (κ1) is 24.3. The minimum atomic E-state index is -1.02. The Morgan fingerprint density at radius 3 is 2.30 bits per heavy atom. The van der Waals surface area contributed by atoms with Gasteiger partial charge in [-0.15, -0.1) is 10.2 Å². The number of hydrogen-bond acceptors (Lipinski definition) is 6. The van der Waals surface area contributed by atoms with Crippen molar-refractivity contribution < 1.29 is 18.7 Å². The molecule has 1 aliphatic rings. The van der Waals surface area contributed by atoms with E-state index in [1.54, 1.807) is 0 Å². The molecule has 188 valence electrons. The van der Waals surface area contributed by atoms with Crippen LogP contribution in [0.4, 0.5) is 4.79 Å². The molecule has 3 aromatic carbocycles. The van der Waals surface area contributed by atoms with Gasteiger partial charge in [-0.25, -0.2) is 4.79 Å². The molecule has 4 aromatic rings. The highest BCUT2D eigenvalue weighted by molar-refractivity contribution is 5.92. The van der Waals surface area contributed by atoms with E-state index in [1.165, 1.54) is 0 Å². The van der Waals surface area contributed by atoms with Gasteiger partial charge >= 0.3 is 6.09 Å². The molecule has 37 heavy (non-hydrogen) atoms. The number of fused-ring (bicyclic) bond motifs is 2. The van der Waals surface area contributed by atoms with Crippen LogP contribution in [0.2, 0.25) is 0 Å². The summed E-state index contributed by atoms with van der Waals surface area (Å²) >= 11 is 0. The first-order chi connectivity index (χ1) is 17.7. The fourth-order valence-corrected chi connectivity index (χ4v) is 4.26. The second-order valence-electron chi connectivity index (χ2n) is 10.2. The van der Waals surface area contributed by atoms with Crippen LogP contribution in [0.5, 0.6) is 11.5 Å². The Morgan fingerprint density at radius 1 is 0.865 bits per heavy atom. The predicted molar refractivity (Wildman–Crippen MR) is 141 cm³/mol. The Kier molecular flexibility index (Phi) is 6.29. The molecule has 2 heterocycles. The zero-order valence-corrected chi connectivity index (χ0v) is 21.3. The molecule has 5 rings (SSSR count). The Balaban J connectivity index is 1.56. The van der Waals surface area contributed by atoms with Gasteiger partial charge in [-0.2, -0.15) is 0 Å². The summed E-state index contributed by atoms with van der Waals surface area (Å²) in [7, 11) is 0. The molecule has 1 atom stereocenters. The van der Waals surface area contributed by atoms with Gasteiger partial charge in [0, 0.05) is 17.5 Å². The van der Waals surface area contributed by atoms with Gasteiger partial charge in [0.05, 0.1) is 5.57 Å². The fraction of sp³-hybridized carbons (Fsp3) is 0.233. The van der Waals surface area contributed by atoms with Gasteiger partial charge in [0.25, 0.3) is 0 Å². The molecule has 0 fully saturated rings. The van der Waals surface area contributed by atoms with Crippen LogP contribution in [0, 0.1) is 0 Å². The number of nitrogens with zero attached hydrogens (tertiary/aromatic N) is 2. The minimum absolute atomic E-state index is 0.272. The third-order valence-electron chi connectivity index (χ3n) is 5.92. The van der Waals surface area contributed by atoms with Crippen molar-refractivity contribution in [3.05, 3.63) is 107 Å². The lowest BCUT2D eigenvalue weighted by Gasteiger charge is -2.29. The smallest absolute Gasteiger partial charge is 0.408 e. The van der Waals surface area contributed by atoms with Crippen LogP contribution in [0.3, 0.4) is 0 Å². The Bertz CT molecular complexity index is 1450. The maximum Gasteiger partial charge on any atom is 0.408 e. The highest BCUT2D eigenvalue weighted by Gasteiger charge is 2.37. The number of benzene rings is 3. The number of carbonyl (C=O) groups excluding carboxylic acids is 1. The van der Waals surface area contributed by atoms with Crippen molar-refractivity contribution in [3.63, 3.8) is 0 Å². The molecule has 1 aromatic heterocycles. The summed E-state index contributed by atoms with van der Waals surface area (Å²) in [6.45, 7) is 7.32. The molecule has 0 bridgehead atoms. The van der Waals surface area contributed by atoms with Crippen LogP contribution in [0.1, 0.15) is 56.2 Å². The normalized spacial score (nSPS) is 14.2. The van der Waals surface area contributed by atoms with Crippen molar-refractivity contribution in [1.82, 2.24) is 15.5 Å². The summed E-state index contributed by atoms with van der Waals surface area (Å²) in [5.74, 6) is 2.03. The lowest BCUT2D eigenvalue weighted by molar-refractivity contribution is 0.0443. The van der Waals surface area contributed by atoms with E-state index in [-0.39, 0.29) is 5.89 Å². The average Bonchev–Trinajstić information content (AvgIpc) is 3.28. The van der Waals surface area contributed by atoms with Crippen LogP contribution < -0.4 is 10.1 Å². The number of aromatic nitrogens is 2. The molecule has 0 saturated carbocycles. The molecule has 7 heteroatoms. The largest absolute Gasteiger partial charge is 0.456 e. The molecule has 1 amide bonds. The van der Waals surface area contributed by atoms with Gasteiger partial charge in [-0.05, 0) is 51.5 Å². The zero-order valence-electron chi connectivity index (χ0n) is 21.3. The van der Waals surface area contributed by atoms with Crippen LogP contribution >= 0.6 is 0 Å². The molecule has 1 N–H and O–H groups in total. The Morgan fingerprint density at radius 2 is 1.54 bits per heavy atom. The summed E-state index contributed by atoms with van der Waals surface area (Å²) in [6.07, 6.45) is 1.84. The Hall–Kier alpha value is -4.39. The highest BCUT2D eigenvalue weighted by atomic mass is 16.6. The Labute approximate surface area is 216 Å². The summed E-state index contributed by atoms with van der Waals surface area (Å²) in [5, 5.41) is 11.8. The van der Waals surface area contributed by atoms with E-state index in [4.69, 9.17) is 13.9 Å². The number of nitrogens with one attached hydrogen (secondary N) is 1. The van der Waals surface area contributed by atoms with Gasteiger partial charge < -0.3 is 19.2 Å². The second kappa shape index (κ2) is 9.58. The number of alkyl carbamates (subject to hydrolysis) is 1. The molecular formula is C30H29N3O4. The van der Waals surface area contributed by atoms with Crippen molar-refractivity contribution in [2.45, 2.75) is 45.3 Å². The van der Waals surface area contributed by atoms with E-state index in [0.29, 0.717) is 18.1 Å². The third-order valence-corrected chi connectivity index (χ3v) is 5.92. The summed E-state index contributed by atoms with van der Waals surface area (Å²) < 4.78 is 18.0. The molecule has 0 spiro atoms. The first-order valence-corrected chi connectivity index (χ1v) is 12.2. The van der Waals surface area contributed by atoms with E-state index in [9.17, 15) is 4.79 Å². The summed E-state index contributed by atoms with van der Waals surface area (Å²) in [5.41, 5.74) is 1.79. The van der Waals surface area contributed by atoms with Crippen molar-refractivity contribution in [1.29, 1.82) is 0 Å². The maximum absolute atomic E-state index is 12.8. The van der Waals surface area contributed by atoms with Crippen molar-refractivity contribution in [2.24, 2.45) is 0 Å². The van der Waals surface area contributed by atoms with Crippen LogP contribution in [0.25, 0.3) is 11.6 Å². The van der Waals surface area contributed by atoms with Crippen LogP contribution in [-0.2, 0) is 16.7 Å². The van der Waals surface area contributed by atoms with E-state index in [2.05, 4.69) is 15.5 Å². The molecule has 0 radical (unpaired) electrons. The van der Waals surface area contributed by atoms with Crippen LogP contribution in [-0.4, -0.2) is 21.9 Å². The number of carbonyl (C=O) groups is 1. The van der Waals surface area contributed by atoms with E-state index in [1.807, 2.05) is 113 Å². The number of hydrogen-bond donors (Lipinski definition) is 1. The molecule has 1 aliphatic heterocycles. The monoisotopic (exact) mass is 495 g/mol. The van der Waals surface area contributed by atoms with E-state index < -0.39 is 17.2 Å². The number of ether oxygens (including phenoxy) is 2. The molecule has 7 nitrogen and oxygen atoms in total. The maximum atomic E-state index is 12.8. The fourth-order valence-electron chi connectivity index (χ4n) is 4.26. The first-order valence-electron chi connectivity index (χ1n) is 12.2. The van der Waals surface area contributed by atoms with E-state index in [0.717, 1.165) is 28.0 Å². The SMILES string of the molecule is CC(C)(C)OC(=O)N[C@@](C)(Cc1ccccc1)c1nnc(C2=Cc3ccccc3Oc3ccccc32)o1. The van der Waals surface area contributed by atoms with Crippen molar-refractivity contribution in [3.8, 4) is 11.5 Å². The van der Waals surface area contributed by atoms with E-state index >= 15 is 0 Å². The minimum Gasteiger partial charge on any atom is -0.456 e. The van der Waals surface area contributed by atoms with Gasteiger partial charge in [0.15, 0.2) is 0 Å². The number of rotatable bonds is 5. The number of para-hydroxylation sites is 2. The highest BCUT2D eigenvalue weighted by Crippen LogP contribution is 2.40. The molecule has 0 unspecified atom stereocenters. The lowest BCUT2D eigenvalue weighted by atomic mass is 9.92. The standard InChI is InChI=1S/C30H29N3O4/c1-29(2,3)37-28(34)31-30(4,19-20-12-6-5-7-13-20)27-33-32-26(36-27)23-18-21-14-8-10-16-24(21)35-25-17-11-9-15-22(23)25/h5-18H,19H2,1-4H3,(H,31,34)/t30-/m0/s1.